The van der Waals surface area contributed by atoms with Gasteiger partial charge in [-0.15, -0.1) is 5.10 Å². The van der Waals surface area contributed by atoms with Crippen molar-refractivity contribution in [3.8, 4) is 6.07 Å². The smallest absolute Gasteiger partial charge is 0.261 e. The van der Waals surface area contributed by atoms with E-state index in [0.29, 0.717) is 17.1 Å². The van der Waals surface area contributed by atoms with Gasteiger partial charge in [0.1, 0.15) is 0 Å². The van der Waals surface area contributed by atoms with E-state index in [1.54, 1.807) is 30.5 Å². The molecule has 0 saturated carbocycles. The Morgan fingerprint density at radius 3 is 2.25 bits per heavy atom. The lowest BCUT2D eigenvalue weighted by Crippen LogP contribution is -2.12. The molecule has 0 fully saturated rings. The SMILES string of the molecule is CN(C)c1cnnc(Nc2ccc(NS(=O)(=O)c3ccc(C#N)cc3)cc2)c1. The number of hydrogen-bond donors (Lipinski definition) is 2. The van der Waals surface area contributed by atoms with Crippen LogP contribution in [0, 0.1) is 11.3 Å². The number of anilines is 4. The quantitative estimate of drug-likeness (QED) is 0.661. The Morgan fingerprint density at radius 2 is 1.64 bits per heavy atom. The third-order valence-electron chi connectivity index (χ3n) is 3.86. The molecule has 0 radical (unpaired) electrons. The van der Waals surface area contributed by atoms with Gasteiger partial charge in [-0.1, -0.05) is 0 Å². The first kappa shape index (κ1) is 19.1. The van der Waals surface area contributed by atoms with Gasteiger partial charge >= 0.3 is 0 Å². The molecule has 0 aliphatic carbocycles. The summed E-state index contributed by atoms with van der Waals surface area (Å²) < 4.78 is 27.4. The minimum absolute atomic E-state index is 0.0875. The van der Waals surface area contributed by atoms with E-state index in [0.717, 1.165) is 11.4 Å². The molecular formula is C19H18N6O2S. The summed E-state index contributed by atoms with van der Waals surface area (Å²) in [5, 5.41) is 19.9. The van der Waals surface area contributed by atoms with Crippen LogP contribution in [0.3, 0.4) is 0 Å². The Morgan fingerprint density at radius 1 is 1.00 bits per heavy atom. The largest absolute Gasteiger partial charge is 0.376 e. The molecule has 0 aliphatic rings. The summed E-state index contributed by atoms with van der Waals surface area (Å²) in [6.45, 7) is 0. The molecule has 1 aromatic heterocycles. The molecule has 3 rings (SSSR count). The third-order valence-corrected chi connectivity index (χ3v) is 5.26. The van der Waals surface area contributed by atoms with E-state index in [-0.39, 0.29) is 4.90 Å². The molecule has 28 heavy (non-hydrogen) atoms. The van der Waals surface area contributed by atoms with Gasteiger partial charge < -0.3 is 10.2 Å². The summed E-state index contributed by atoms with van der Waals surface area (Å²) in [6, 6.07) is 16.3. The summed E-state index contributed by atoms with van der Waals surface area (Å²) in [5.41, 5.74) is 2.47. The molecule has 0 saturated heterocycles. The van der Waals surface area contributed by atoms with Crippen molar-refractivity contribution in [1.29, 1.82) is 5.26 Å². The Bertz CT molecular complexity index is 1100. The van der Waals surface area contributed by atoms with E-state index in [1.165, 1.54) is 24.3 Å². The molecule has 0 aliphatic heterocycles. The van der Waals surface area contributed by atoms with Crippen LogP contribution in [-0.4, -0.2) is 32.7 Å². The second-order valence-corrected chi connectivity index (χ2v) is 7.82. The Hall–Kier alpha value is -3.64. The summed E-state index contributed by atoms with van der Waals surface area (Å²) in [4.78, 5) is 2.01. The highest BCUT2D eigenvalue weighted by Crippen LogP contribution is 2.22. The fourth-order valence-corrected chi connectivity index (χ4v) is 3.41. The van der Waals surface area contributed by atoms with E-state index in [2.05, 4.69) is 20.2 Å². The first-order valence-corrected chi connectivity index (χ1v) is 9.76. The lowest BCUT2D eigenvalue weighted by Gasteiger charge is -2.13. The summed E-state index contributed by atoms with van der Waals surface area (Å²) in [7, 11) is 0.0916. The van der Waals surface area contributed by atoms with E-state index in [9.17, 15) is 8.42 Å². The number of nitrogens with zero attached hydrogens (tertiary/aromatic N) is 4. The number of benzene rings is 2. The van der Waals surface area contributed by atoms with Crippen LogP contribution in [0.4, 0.5) is 22.9 Å². The average Bonchev–Trinajstić information content (AvgIpc) is 2.69. The molecule has 142 valence electrons. The number of aromatic nitrogens is 2. The fraction of sp³-hybridized carbons (Fsp3) is 0.105. The maximum absolute atomic E-state index is 12.4. The van der Waals surface area contributed by atoms with Crippen molar-refractivity contribution in [2.75, 3.05) is 29.0 Å². The molecule has 9 heteroatoms. The maximum Gasteiger partial charge on any atom is 0.261 e. The highest BCUT2D eigenvalue weighted by atomic mass is 32.2. The maximum atomic E-state index is 12.4. The molecular weight excluding hydrogens is 376 g/mol. The van der Waals surface area contributed by atoms with Gasteiger partial charge in [0, 0.05) is 31.5 Å². The Kier molecular flexibility index (Phi) is 5.42. The zero-order valence-electron chi connectivity index (χ0n) is 15.3. The molecule has 0 unspecified atom stereocenters. The number of hydrogen-bond acceptors (Lipinski definition) is 7. The van der Waals surface area contributed by atoms with E-state index < -0.39 is 10.0 Å². The summed E-state index contributed by atoms with van der Waals surface area (Å²) in [6.07, 6.45) is 1.66. The Labute approximate surface area is 163 Å². The molecule has 2 aromatic carbocycles. The molecule has 0 amide bonds. The van der Waals surface area contributed by atoms with Crippen LogP contribution in [-0.2, 0) is 10.0 Å². The predicted molar refractivity (Wildman–Crippen MR) is 108 cm³/mol. The lowest BCUT2D eigenvalue weighted by atomic mass is 10.2. The highest BCUT2D eigenvalue weighted by molar-refractivity contribution is 7.92. The summed E-state index contributed by atoms with van der Waals surface area (Å²) >= 11 is 0. The van der Waals surface area contributed by atoms with E-state index in [1.807, 2.05) is 31.1 Å². The van der Waals surface area contributed by atoms with Gasteiger partial charge in [0.15, 0.2) is 5.82 Å². The molecule has 2 N–H and O–H groups in total. The van der Waals surface area contributed by atoms with Crippen LogP contribution >= 0.6 is 0 Å². The Balaban J connectivity index is 1.72. The standard InChI is InChI=1S/C19H18N6O2S/c1-25(2)17-11-19(23-21-13-17)22-15-5-7-16(8-6-15)24-28(26,27)18-9-3-14(12-20)4-10-18/h3-11,13,24H,1-2H3,(H,22,23). The normalized spacial score (nSPS) is 10.8. The highest BCUT2D eigenvalue weighted by Gasteiger charge is 2.14. The van der Waals surface area contributed by atoms with Crippen molar-refractivity contribution in [3.05, 3.63) is 66.4 Å². The number of nitriles is 1. The molecule has 3 aromatic rings. The van der Waals surface area contributed by atoms with Gasteiger partial charge in [-0.2, -0.15) is 10.4 Å². The minimum atomic E-state index is -3.73. The van der Waals surface area contributed by atoms with Gasteiger partial charge in [0.05, 0.1) is 28.4 Å². The second-order valence-electron chi connectivity index (χ2n) is 6.14. The molecule has 8 nitrogen and oxygen atoms in total. The fourth-order valence-electron chi connectivity index (χ4n) is 2.35. The minimum Gasteiger partial charge on any atom is -0.376 e. The monoisotopic (exact) mass is 394 g/mol. The zero-order valence-corrected chi connectivity index (χ0v) is 16.1. The molecule has 1 heterocycles. The first-order valence-electron chi connectivity index (χ1n) is 8.27. The van der Waals surface area contributed by atoms with Gasteiger partial charge in [-0.05, 0) is 48.5 Å². The molecule has 0 bridgehead atoms. The second kappa shape index (κ2) is 7.94. The number of rotatable bonds is 6. The topological polar surface area (TPSA) is 111 Å². The van der Waals surface area contributed by atoms with Crippen LogP contribution in [0.1, 0.15) is 5.56 Å². The lowest BCUT2D eigenvalue weighted by molar-refractivity contribution is 0.601. The number of nitrogens with one attached hydrogen (secondary N) is 2. The van der Waals surface area contributed by atoms with E-state index in [4.69, 9.17) is 5.26 Å². The van der Waals surface area contributed by atoms with Gasteiger partial charge in [-0.3, -0.25) is 4.72 Å². The van der Waals surface area contributed by atoms with Crippen LogP contribution < -0.4 is 14.9 Å². The molecule has 0 spiro atoms. The van der Waals surface area contributed by atoms with Crippen molar-refractivity contribution in [2.45, 2.75) is 4.90 Å². The third kappa shape index (κ3) is 4.55. The molecule has 0 atom stereocenters. The van der Waals surface area contributed by atoms with Crippen LogP contribution in [0.2, 0.25) is 0 Å². The first-order chi connectivity index (χ1) is 13.4. The van der Waals surface area contributed by atoms with Crippen molar-refractivity contribution in [3.63, 3.8) is 0 Å². The summed E-state index contributed by atoms with van der Waals surface area (Å²) in [5.74, 6) is 0.581. The number of sulfonamides is 1. The van der Waals surface area contributed by atoms with Gasteiger partial charge in [-0.25, -0.2) is 8.42 Å². The van der Waals surface area contributed by atoms with Crippen molar-refractivity contribution in [2.24, 2.45) is 0 Å². The van der Waals surface area contributed by atoms with Gasteiger partial charge in [0.25, 0.3) is 10.0 Å². The van der Waals surface area contributed by atoms with Crippen LogP contribution in [0.5, 0.6) is 0 Å². The van der Waals surface area contributed by atoms with Crippen molar-refractivity contribution < 1.29 is 8.42 Å². The van der Waals surface area contributed by atoms with Crippen LogP contribution in [0.25, 0.3) is 0 Å². The van der Waals surface area contributed by atoms with Crippen LogP contribution in [0.15, 0.2) is 65.7 Å². The van der Waals surface area contributed by atoms with Gasteiger partial charge in [0.2, 0.25) is 0 Å². The zero-order chi connectivity index (χ0) is 20.1. The predicted octanol–water partition coefficient (Wildman–Crippen LogP) is 2.96. The van der Waals surface area contributed by atoms with E-state index >= 15 is 0 Å². The average molecular weight is 394 g/mol. The van der Waals surface area contributed by atoms with Crippen molar-refractivity contribution >= 4 is 32.9 Å². The van der Waals surface area contributed by atoms with Crippen molar-refractivity contribution in [1.82, 2.24) is 10.2 Å².